The van der Waals surface area contributed by atoms with Gasteiger partial charge in [0.05, 0.1) is 6.33 Å². The Morgan fingerprint density at radius 2 is 2.62 bits per heavy atom. The molecular weight excluding hydrogens is 106 g/mol. The molecule has 1 heterocycles. The van der Waals surface area contributed by atoms with E-state index in [-0.39, 0.29) is 6.67 Å². The maximum Gasteiger partial charge on any atom is 0.157 e. The largest absolute Gasteiger partial charge is 0.314 e. The van der Waals surface area contributed by atoms with Crippen molar-refractivity contribution in [2.24, 2.45) is 5.18 Å². The lowest BCUT2D eigenvalue weighted by Crippen LogP contribution is -1.87. The van der Waals surface area contributed by atoms with Crippen LogP contribution in [0.3, 0.4) is 0 Å². The van der Waals surface area contributed by atoms with Crippen molar-refractivity contribution in [2.75, 3.05) is 0 Å². The van der Waals surface area contributed by atoms with Gasteiger partial charge in [0.2, 0.25) is 0 Å². The van der Waals surface area contributed by atoms with Crippen LogP contribution in [-0.4, -0.2) is 9.55 Å². The van der Waals surface area contributed by atoms with E-state index in [2.05, 4.69) is 10.2 Å². The molecule has 0 spiro atoms. The summed E-state index contributed by atoms with van der Waals surface area (Å²) < 4.78 is 1.59. The van der Waals surface area contributed by atoms with Crippen molar-refractivity contribution in [3.8, 4) is 0 Å². The van der Waals surface area contributed by atoms with E-state index in [9.17, 15) is 4.91 Å². The molecule has 4 nitrogen and oxygen atoms in total. The zero-order valence-corrected chi connectivity index (χ0v) is 4.19. The highest BCUT2D eigenvalue weighted by atomic mass is 16.3. The molecule has 42 valence electrons. The first-order valence-corrected chi connectivity index (χ1v) is 2.18. The number of aromatic nitrogens is 2. The third kappa shape index (κ3) is 0.900. The molecule has 0 aliphatic carbocycles. The van der Waals surface area contributed by atoms with E-state index in [1.807, 2.05) is 0 Å². The molecule has 0 saturated carbocycles. The summed E-state index contributed by atoms with van der Waals surface area (Å²) >= 11 is 0. The van der Waals surface area contributed by atoms with E-state index in [1.54, 1.807) is 23.3 Å². The second kappa shape index (κ2) is 2.20. The van der Waals surface area contributed by atoms with Crippen molar-refractivity contribution in [3.63, 3.8) is 0 Å². The molecule has 0 N–H and O–H groups in total. The normalized spacial score (nSPS) is 9.00. The number of hydrogen-bond acceptors (Lipinski definition) is 3. The van der Waals surface area contributed by atoms with Crippen molar-refractivity contribution in [1.82, 2.24) is 9.55 Å². The first-order chi connectivity index (χ1) is 3.93. The molecule has 0 radical (unpaired) electrons. The highest BCUT2D eigenvalue weighted by molar-refractivity contribution is 4.72. The minimum Gasteiger partial charge on any atom is -0.314 e. The molecule has 0 saturated heterocycles. The van der Waals surface area contributed by atoms with Crippen LogP contribution in [-0.2, 0) is 6.67 Å². The molecule has 0 aliphatic rings. The van der Waals surface area contributed by atoms with Gasteiger partial charge in [-0.2, -0.15) is 0 Å². The second-order valence-corrected chi connectivity index (χ2v) is 1.35. The predicted octanol–water partition coefficient (Wildman–Crippen LogP) is 0.607. The maximum atomic E-state index is 9.57. The van der Waals surface area contributed by atoms with Gasteiger partial charge in [-0.3, -0.25) is 0 Å². The van der Waals surface area contributed by atoms with Crippen molar-refractivity contribution < 1.29 is 0 Å². The van der Waals surface area contributed by atoms with Gasteiger partial charge in [0.15, 0.2) is 6.67 Å². The molecule has 0 amide bonds. The predicted molar refractivity (Wildman–Crippen MR) is 28.0 cm³/mol. The average Bonchev–Trinajstić information content (AvgIpc) is 2.19. The summed E-state index contributed by atoms with van der Waals surface area (Å²) in [4.78, 5) is 13.3. The lowest BCUT2D eigenvalue weighted by atomic mass is 10.9. The Labute approximate surface area is 46.1 Å². The monoisotopic (exact) mass is 111 g/mol. The van der Waals surface area contributed by atoms with E-state index in [0.717, 1.165) is 0 Å². The Bertz CT molecular complexity index is 158. The van der Waals surface area contributed by atoms with Crippen LogP contribution in [0.25, 0.3) is 0 Å². The fourth-order valence-corrected chi connectivity index (χ4v) is 0.437. The van der Waals surface area contributed by atoms with Gasteiger partial charge in [0.1, 0.15) is 0 Å². The number of rotatable bonds is 2. The summed E-state index contributed by atoms with van der Waals surface area (Å²) in [5.74, 6) is 0. The van der Waals surface area contributed by atoms with Crippen LogP contribution in [0.5, 0.6) is 0 Å². The molecule has 0 aromatic carbocycles. The van der Waals surface area contributed by atoms with E-state index in [1.165, 1.54) is 0 Å². The molecule has 0 aliphatic heterocycles. The van der Waals surface area contributed by atoms with Crippen LogP contribution in [0.2, 0.25) is 0 Å². The van der Waals surface area contributed by atoms with E-state index >= 15 is 0 Å². The number of nitroso groups, excluding NO2 is 1. The third-order valence-corrected chi connectivity index (χ3v) is 0.780. The smallest absolute Gasteiger partial charge is 0.157 e. The molecule has 1 aromatic rings. The Hall–Kier alpha value is -1.19. The summed E-state index contributed by atoms with van der Waals surface area (Å²) in [5, 5.41) is 2.65. The van der Waals surface area contributed by atoms with E-state index in [4.69, 9.17) is 0 Å². The average molecular weight is 111 g/mol. The van der Waals surface area contributed by atoms with Crippen molar-refractivity contribution in [1.29, 1.82) is 0 Å². The van der Waals surface area contributed by atoms with Gasteiger partial charge < -0.3 is 4.57 Å². The van der Waals surface area contributed by atoms with Crippen LogP contribution < -0.4 is 0 Å². The van der Waals surface area contributed by atoms with Crippen LogP contribution in [0.1, 0.15) is 0 Å². The highest BCUT2D eigenvalue weighted by Gasteiger charge is 1.82. The summed E-state index contributed by atoms with van der Waals surface area (Å²) in [6.07, 6.45) is 4.83. The molecule has 1 aromatic heterocycles. The third-order valence-electron chi connectivity index (χ3n) is 0.780. The second-order valence-electron chi connectivity index (χ2n) is 1.35. The van der Waals surface area contributed by atoms with Crippen LogP contribution >= 0.6 is 0 Å². The van der Waals surface area contributed by atoms with E-state index in [0.29, 0.717) is 0 Å². The van der Waals surface area contributed by atoms with Crippen molar-refractivity contribution in [3.05, 3.63) is 23.6 Å². The summed E-state index contributed by atoms with van der Waals surface area (Å²) in [6.45, 7) is 0.153. The maximum absolute atomic E-state index is 9.57. The number of nitrogens with zero attached hydrogens (tertiary/aromatic N) is 3. The summed E-state index contributed by atoms with van der Waals surface area (Å²) in [5.41, 5.74) is 0. The summed E-state index contributed by atoms with van der Waals surface area (Å²) in [6, 6.07) is 0. The van der Waals surface area contributed by atoms with Crippen LogP contribution in [0.4, 0.5) is 0 Å². The quantitative estimate of drug-likeness (QED) is 0.525. The minimum atomic E-state index is 0.153. The molecule has 4 heteroatoms. The van der Waals surface area contributed by atoms with Gasteiger partial charge >= 0.3 is 0 Å². The Kier molecular flexibility index (Phi) is 1.37. The number of imidazole rings is 1. The van der Waals surface area contributed by atoms with Crippen molar-refractivity contribution in [2.45, 2.75) is 6.67 Å². The minimum absolute atomic E-state index is 0.153. The molecular formula is C4H5N3O. The standard InChI is InChI=1S/C4H5N3O/c8-6-4-7-2-1-5-3-7/h1-3H,4H2. The van der Waals surface area contributed by atoms with Gasteiger partial charge in [-0.15, -0.1) is 4.91 Å². The molecule has 0 atom stereocenters. The number of hydrogen-bond donors (Lipinski definition) is 0. The molecule has 8 heavy (non-hydrogen) atoms. The van der Waals surface area contributed by atoms with Crippen molar-refractivity contribution >= 4 is 0 Å². The van der Waals surface area contributed by atoms with Crippen LogP contribution in [0, 0.1) is 4.91 Å². The molecule has 0 fully saturated rings. The zero-order chi connectivity index (χ0) is 5.82. The van der Waals surface area contributed by atoms with Gasteiger partial charge in [-0.1, -0.05) is 0 Å². The Balaban J connectivity index is 2.62. The zero-order valence-electron chi connectivity index (χ0n) is 4.19. The molecule has 0 bridgehead atoms. The van der Waals surface area contributed by atoms with Crippen LogP contribution in [0.15, 0.2) is 23.9 Å². The van der Waals surface area contributed by atoms with Gasteiger partial charge in [0, 0.05) is 12.4 Å². The Morgan fingerprint density at radius 3 is 3.12 bits per heavy atom. The topological polar surface area (TPSA) is 47.2 Å². The summed E-state index contributed by atoms with van der Waals surface area (Å²) in [7, 11) is 0. The molecule has 1 rings (SSSR count). The molecule has 0 unspecified atom stereocenters. The fourth-order valence-electron chi connectivity index (χ4n) is 0.437. The van der Waals surface area contributed by atoms with E-state index < -0.39 is 0 Å². The lowest BCUT2D eigenvalue weighted by molar-refractivity contribution is 0.728. The first kappa shape index (κ1) is 4.96. The Morgan fingerprint density at radius 1 is 1.75 bits per heavy atom. The SMILES string of the molecule is O=NCn1ccnc1. The first-order valence-electron chi connectivity index (χ1n) is 2.18. The van der Waals surface area contributed by atoms with Gasteiger partial charge in [-0.05, 0) is 5.18 Å². The highest BCUT2D eigenvalue weighted by Crippen LogP contribution is 1.83. The van der Waals surface area contributed by atoms with Gasteiger partial charge in [0.25, 0.3) is 0 Å². The lowest BCUT2D eigenvalue weighted by Gasteiger charge is -1.86. The van der Waals surface area contributed by atoms with Gasteiger partial charge in [-0.25, -0.2) is 4.98 Å². The fraction of sp³-hybridized carbons (Fsp3) is 0.250.